The highest BCUT2D eigenvalue weighted by Crippen LogP contribution is 2.40. The van der Waals surface area contributed by atoms with Gasteiger partial charge in [-0.05, 0) is 98.3 Å². The van der Waals surface area contributed by atoms with Gasteiger partial charge in [-0.25, -0.2) is 0 Å². The van der Waals surface area contributed by atoms with Gasteiger partial charge in [-0.2, -0.15) is 0 Å². The minimum Gasteiger partial charge on any atom is -0.112 e. The molecular formula is C27H42P4. The Morgan fingerprint density at radius 1 is 0.935 bits per heavy atom. The average Bonchev–Trinajstić information content (AvgIpc) is 2.79. The van der Waals surface area contributed by atoms with Crippen molar-refractivity contribution >= 4 is 39.2 Å². The van der Waals surface area contributed by atoms with Crippen molar-refractivity contribution in [2.75, 3.05) is 25.7 Å². The van der Waals surface area contributed by atoms with Gasteiger partial charge in [0.2, 0.25) is 0 Å². The lowest BCUT2D eigenvalue weighted by Gasteiger charge is -2.21. The molecule has 0 spiro atoms. The zero-order valence-electron chi connectivity index (χ0n) is 19.7. The molecule has 0 fully saturated rings. The Morgan fingerprint density at radius 3 is 2.03 bits per heavy atom. The summed E-state index contributed by atoms with van der Waals surface area (Å²) in [5.41, 5.74) is 5.70. The Hall–Kier alpha value is -0.100. The molecule has 0 radical (unpaired) electrons. The standard InChI is InChI=1S/C27H42P4/c1-5-23-8-10-25(11-9-23)16-17-27(21-30-29-3)20-22(2)6-7-24-12-14-26(15-13-24)18-19-31(4)28/h5,8-15,22,27,29-30H,1,6-7,16-21,28H2,2-4H3. The number of hydrogen-bond acceptors (Lipinski definition) is 0. The molecule has 31 heavy (non-hydrogen) atoms. The van der Waals surface area contributed by atoms with Gasteiger partial charge in [0.15, 0.2) is 0 Å². The molecule has 2 aromatic carbocycles. The Bertz CT molecular complexity index is 737. The van der Waals surface area contributed by atoms with Gasteiger partial charge in [0.05, 0.1) is 0 Å². The summed E-state index contributed by atoms with van der Waals surface area (Å²) in [6.07, 6.45) is 12.4. The summed E-state index contributed by atoms with van der Waals surface area (Å²) < 4.78 is 0. The largest absolute Gasteiger partial charge is 0.112 e. The smallest absolute Gasteiger partial charge is 0.0236 e. The summed E-state index contributed by atoms with van der Waals surface area (Å²) in [6, 6.07) is 18.4. The molecule has 0 aromatic heterocycles. The Balaban J connectivity index is 1.79. The zero-order valence-corrected chi connectivity index (χ0v) is 23.8. The van der Waals surface area contributed by atoms with Crippen molar-refractivity contribution in [1.82, 2.24) is 0 Å². The molecule has 0 aliphatic heterocycles. The maximum absolute atomic E-state index is 3.86. The summed E-state index contributed by atoms with van der Waals surface area (Å²) in [6.45, 7) is 11.0. The highest BCUT2D eigenvalue weighted by molar-refractivity contribution is 8.13. The van der Waals surface area contributed by atoms with Crippen molar-refractivity contribution in [3.05, 3.63) is 77.4 Å². The van der Waals surface area contributed by atoms with Crippen LogP contribution in [0.15, 0.2) is 55.1 Å². The van der Waals surface area contributed by atoms with Crippen LogP contribution in [0.2, 0.25) is 0 Å². The van der Waals surface area contributed by atoms with Gasteiger partial charge in [-0.15, -0.1) is 17.2 Å². The van der Waals surface area contributed by atoms with Crippen molar-refractivity contribution < 1.29 is 0 Å². The minimum absolute atomic E-state index is 0.133. The molecular weight excluding hydrogens is 448 g/mol. The molecule has 2 rings (SSSR count). The third-order valence-corrected chi connectivity index (χ3v) is 10.6. The van der Waals surface area contributed by atoms with Crippen LogP contribution in [0.5, 0.6) is 0 Å². The minimum atomic E-state index is 0.133. The summed E-state index contributed by atoms with van der Waals surface area (Å²) >= 11 is 0. The molecule has 0 saturated heterocycles. The molecule has 0 aliphatic rings. The van der Waals surface area contributed by atoms with E-state index in [0.29, 0.717) is 0 Å². The Kier molecular flexibility index (Phi) is 13.7. The van der Waals surface area contributed by atoms with E-state index in [9.17, 15) is 0 Å². The van der Waals surface area contributed by atoms with Crippen LogP contribution in [0.1, 0.15) is 48.4 Å². The van der Waals surface area contributed by atoms with E-state index in [-0.39, 0.29) is 7.61 Å². The van der Waals surface area contributed by atoms with Crippen LogP contribution >= 0.6 is 33.1 Å². The number of benzene rings is 2. The van der Waals surface area contributed by atoms with E-state index in [1.165, 1.54) is 73.1 Å². The van der Waals surface area contributed by atoms with Gasteiger partial charge in [0, 0.05) is 0 Å². The van der Waals surface area contributed by atoms with Crippen LogP contribution in [-0.2, 0) is 19.3 Å². The summed E-state index contributed by atoms with van der Waals surface area (Å²) in [4.78, 5) is 0. The Morgan fingerprint density at radius 2 is 1.48 bits per heavy atom. The summed E-state index contributed by atoms with van der Waals surface area (Å²) in [5, 5.41) is 0. The molecule has 6 atom stereocenters. The molecule has 0 N–H and O–H groups in total. The van der Waals surface area contributed by atoms with E-state index < -0.39 is 0 Å². The third kappa shape index (κ3) is 11.5. The number of aryl methyl sites for hydroxylation is 3. The first kappa shape index (κ1) is 27.1. The molecule has 0 bridgehead atoms. The predicted molar refractivity (Wildman–Crippen MR) is 155 cm³/mol. The van der Waals surface area contributed by atoms with Crippen LogP contribution < -0.4 is 0 Å². The van der Waals surface area contributed by atoms with Crippen molar-refractivity contribution in [1.29, 1.82) is 0 Å². The average molecular weight is 491 g/mol. The molecule has 170 valence electrons. The van der Waals surface area contributed by atoms with Crippen molar-refractivity contribution in [2.24, 2.45) is 11.8 Å². The van der Waals surface area contributed by atoms with Gasteiger partial charge >= 0.3 is 0 Å². The van der Waals surface area contributed by atoms with Gasteiger partial charge in [0.1, 0.15) is 0 Å². The molecule has 0 heterocycles. The van der Waals surface area contributed by atoms with Crippen LogP contribution in [0, 0.1) is 11.8 Å². The highest BCUT2D eigenvalue weighted by Gasteiger charge is 2.14. The second-order valence-electron chi connectivity index (χ2n) is 8.91. The van der Waals surface area contributed by atoms with Crippen molar-refractivity contribution in [2.45, 2.75) is 45.4 Å². The number of hydrogen-bond donors (Lipinski definition) is 0. The second-order valence-corrected chi connectivity index (χ2v) is 17.3. The van der Waals surface area contributed by atoms with E-state index in [1.807, 2.05) is 6.08 Å². The third-order valence-electron chi connectivity index (χ3n) is 6.06. The first-order chi connectivity index (χ1) is 15.0. The normalized spacial score (nSPS) is 15.0. The lowest BCUT2D eigenvalue weighted by Crippen LogP contribution is -2.11. The van der Waals surface area contributed by atoms with Crippen LogP contribution in [0.4, 0.5) is 0 Å². The molecule has 2 aromatic rings. The van der Waals surface area contributed by atoms with E-state index in [0.717, 1.165) is 28.4 Å². The van der Waals surface area contributed by atoms with E-state index in [1.54, 1.807) is 0 Å². The Labute approximate surface area is 199 Å². The van der Waals surface area contributed by atoms with E-state index >= 15 is 0 Å². The lowest BCUT2D eigenvalue weighted by molar-refractivity contribution is 0.382. The highest BCUT2D eigenvalue weighted by atomic mass is 32.0. The van der Waals surface area contributed by atoms with E-state index in [2.05, 4.69) is 84.3 Å². The molecule has 6 unspecified atom stereocenters. The first-order valence-electron chi connectivity index (χ1n) is 11.6. The number of rotatable bonds is 15. The van der Waals surface area contributed by atoms with Gasteiger partial charge in [0.25, 0.3) is 0 Å². The van der Waals surface area contributed by atoms with Crippen molar-refractivity contribution in [3.8, 4) is 0 Å². The zero-order chi connectivity index (χ0) is 22.5. The monoisotopic (exact) mass is 490 g/mol. The molecule has 0 nitrogen and oxygen atoms in total. The second kappa shape index (κ2) is 15.7. The molecule has 0 amide bonds. The predicted octanol–water partition coefficient (Wildman–Crippen LogP) is 8.88. The quantitative estimate of drug-likeness (QED) is 0.219. The fourth-order valence-electron chi connectivity index (χ4n) is 4.02. The van der Waals surface area contributed by atoms with Crippen LogP contribution in [-0.4, -0.2) is 25.7 Å². The van der Waals surface area contributed by atoms with Crippen LogP contribution in [0.25, 0.3) is 6.08 Å². The van der Waals surface area contributed by atoms with Crippen LogP contribution in [0.3, 0.4) is 0 Å². The summed E-state index contributed by atoms with van der Waals surface area (Å²) in [7, 11) is 5.36. The van der Waals surface area contributed by atoms with Gasteiger partial charge < -0.3 is 0 Å². The van der Waals surface area contributed by atoms with Crippen molar-refractivity contribution in [3.63, 3.8) is 0 Å². The maximum Gasteiger partial charge on any atom is -0.0236 e. The topological polar surface area (TPSA) is 0 Å². The molecule has 4 heteroatoms. The fourth-order valence-corrected chi connectivity index (χ4v) is 7.36. The molecule has 0 saturated carbocycles. The first-order valence-corrected chi connectivity index (χ1v) is 18.9. The maximum atomic E-state index is 3.86. The van der Waals surface area contributed by atoms with E-state index in [4.69, 9.17) is 0 Å². The van der Waals surface area contributed by atoms with Gasteiger partial charge in [-0.3, -0.25) is 0 Å². The SMILES string of the molecule is C=Cc1ccc(CCC(CPPC)CC(C)CCc2ccc(CCP(C)P)cc2)cc1. The summed E-state index contributed by atoms with van der Waals surface area (Å²) in [5.74, 6) is 1.68. The fraction of sp³-hybridized carbons (Fsp3) is 0.481. The lowest BCUT2D eigenvalue weighted by atomic mass is 9.88. The molecule has 0 aliphatic carbocycles. The van der Waals surface area contributed by atoms with Gasteiger partial charge in [-0.1, -0.05) is 84.0 Å².